The highest BCUT2D eigenvalue weighted by Crippen LogP contribution is 2.50. The lowest BCUT2D eigenvalue weighted by Crippen LogP contribution is -2.29. The molecule has 1 nitrogen and oxygen atoms in total. The molecule has 0 saturated carbocycles. The van der Waals surface area contributed by atoms with Gasteiger partial charge in [-0.3, -0.25) is 0 Å². The summed E-state index contributed by atoms with van der Waals surface area (Å²) in [5, 5.41) is 0. The summed E-state index contributed by atoms with van der Waals surface area (Å²) in [4.78, 5) is 0. The first-order valence-corrected chi connectivity index (χ1v) is 8.93. The minimum absolute atomic E-state index is 0.0171. The Morgan fingerprint density at radius 3 is 1.96 bits per heavy atom. The summed E-state index contributed by atoms with van der Waals surface area (Å²) < 4.78 is 0. The molecule has 1 aliphatic rings. The van der Waals surface area contributed by atoms with E-state index in [2.05, 4.69) is 94.4 Å². The van der Waals surface area contributed by atoms with Crippen LogP contribution in [-0.4, -0.2) is 0 Å². The predicted octanol–water partition coefficient (Wildman–Crippen LogP) is 5.85. The van der Waals surface area contributed by atoms with Crippen molar-refractivity contribution < 1.29 is 0 Å². The number of hydrogen-bond donors (Lipinski definition) is 1. The third-order valence-electron chi connectivity index (χ3n) is 5.53. The van der Waals surface area contributed by atoms with Crippen LogP contribution in [-0.2, 0) is 11.0 Å². The van der Waals surface area contributed by atoms with Gasteiger partial charge in [-0.05, 0) is 58.9 Å². The third-order valence-corrected chi connectivity index (χ3v) is 5.53. The summed E-state index contributed by atoms with van der Waals surface area (Å²) in [6, 6.07) is 24.2. The zero-order valence-electron chi connectivity index (χ0n) is 15.4. The van der Waals surface area contributed by atoms with Crippen molar-refractivity contribution in [2.24, 2.45) is 5.73 Å². The molecule has 4 rings (SSSR count). The highest BCUT2D eigenvalue weighted by molar-refractivity contribution is 5.83. The average Bonchev–Trinajstić information content (AvgIpc) is 2.82. The quantitative estimate of drug-likeness (QED) is 0.627. The van der Waals surface area contributed by atoms with Gasteiger partial charge in [-0.15, -0.1) is 0 Å². The molecule has 1 aliphatic carbocycles. The predicted molar refractivity (Wildman–Crippen MR) is 107 cm³/mol. The van der Waals surface area contributed by atoms with Crippen LogP contribution in [0.4, 0.5) is 0 Å². The highest BCUT2D eigenvalue weighted by atomic mass is 14.7. The van der Waals surface area contributed by atoms with Crippen LogP contribution in [0.25, 0.3) is 22.3 Å². The maximum absolute atomic E-state index is 6.34. The van der Waals surface area contributed by atoms with Gasteiger partial charge in [0.2, 0.25) is 0 Å². The van der Waals surface area contributed by atoms with E-state index < -0.39 is 0 Å². The van der Waals surface area contributed by atoms with Gasteiger partial charge in [0.1, 0.15) is 0 Å². The lowest BCUT2D eigenvalue weighted by molar-refractivity contribution is 0.551. The Labute approximate surface area is 150 Å². The monoisotopic (exact) mass is 327 g/mol. The number of benzene rings is 3. The standard InChI is InChI=1S/C24H25N/c1-23(2)21-14-17(16-8-6-5-7-9-16)10-12-19(21)20-13-11-18(15-22(20)23)24(3,4)25/h5-15H,25H2,1-4H3. The normalized spacial score (nSPS) is 14.9. The molecule has 0 atom stereocenters. The van der Waals surface area contributed by atoms with Gasteiger partial charge in [0.25, 0.3) is 0 Å². The molecule has 126 valence electrons. The molecular formula is C24H25N. The fourth-order valence-electron chi connectivity index (χ4n) is 3.95. The van der Waals surface area contributed by atoms with Crippen LogP contribution >= 0.6 is 0 Å². The van der Waals surface area contributed by atoms with Gasteiger partial charge >= 0.3 is 0 Å². The van der Waals surface area contributed by atoms with Crippen LogP contribution in [0.3, 0.4) is 0 Å². The molecule has 0 saturated heterocycles. The summed E-state index contributed by atoms with van der Waals surface area (Å²) in [6.07, 6.45) is 0. The van der Waals surface area contributed by atoms with E-state index >= 15 is 0 Å². The maximum Gasteiger partial charge on any atom is 0.0352 e. The molecule has 0 aliphatic heterocycles. The fourth-order valence-corrected chi connectivity index (χ4v) is 3.95. The number of nitrogens with two attached hydrogens (primary N) is 1. The van der Waals surface area contributed by atoms with Gasteiger partial charge < -0.3 is 5.73 Å². The van der Waals surface area contributed by atoms with Gasteiger partial charge in [0.05, 0.1) is 0 Å². The number of rotatable bonds is 2. The molecule has 1 heteroatoms. The van der Waals surface area contributed by atoms with Crippen molar-refractivity contribution in [3.63, 3.8) is 0 Å². The minimum Gasteiger partial charge on any atom is -0.322 e. The first kappa shape index (κ1) is 16.1. The highest BCUT2D eigenvalue weighted by Gasteiger charge is 2.36. The molecule has 0 bridgehead atoms. The van der Waals surface area contributed by atoms with E-state index in [0.717, 1.165) is 0 Å². The summed E-state index contributed by atoms with van der Waals surface area (Å²) in [7, 11) is 0. The molecule has 0 heterocycles. The second-order valence-electron chi connectivity index (χ2n) is 8.23. The number of hydrogen-bond acceptors (Lipinski definition) is 1. The lowest BCUT2D eigenvalue weighted by Gasteiger charge is -2.25. The Balaban J connectivity index is 1.88. The van der Waals surface area contributed by atoms with Crippen molar-refractivity contribution in [3.8, 4) is 22.3 Å². The van der Waals surface area contributed by atoms with E-state index in [-0.39, 0.29) is 11.0 Å². The Hall–Kier alpha value is -2.38. The van der Waals surface area contributed by atoms with Crippen molar-refractivity contribution in [2.45, 2.75) is 38.6 Å². The van der Waals surface area contributed by atoms with Gasteiger partial charge in [0.15, 0.2) is 0 Å². The van der Waals surface area contributed by atoms with E-state index in [1.54, 1.807) is 0 Å². The Kier molecular flexibility index (Phi) is 3.42. The van der Waals surface area contributed by atoms with Crippen LogP contribution in [0.2, 0.25) is 0 Å². The molecule has 0 fully saturated rings. The second-order valence-corrected chi connectivity index (χ2v) is 8.23. The molecule has 25 heavy (non-hydrogen) atoms. The summed E-state index contributed by atoms with van der Waals surface area (Å²) in [6.45, 7) is 8.77. The van der Waals surface area contributed by atoms with Crippen LogP contribution in [0.5, 0.6) is 0 Å². The largest absolute Gasteiger partial charge is 0.322 e. The Bertz CT molecular complexity index is 944. The lowest BCUT2D eigenvalue weighted by atomic mass is 9.80. The zero-order valence-corrected chi connectivity index (χ0v) is 15.4. The van der Waals surface area contributed by atoms with E-state index in [1.165, 1.54) is 38.9 Å². The Morgan fingerprint density at radius 2 is 1.32 bits per heavy atom. The summed E-state index contributed by atoms with van der Waals surface area (Å²) in [5.74, 6) is 0. The third kappa shape index (κ3) is 2.51. The zero-order chi connectivity index (χ0) is 17.8. The van der Waals surface area contributed by atoms with Gasteiger partial charge in [-0.1, -0.05) is 74.5 Å². The molecule has 3 aromatic rings. The first-order chi connectivity index (χ1) is 11.8. The average molecular weight is 327 g/mol. The van der Waals surface area contributed by atoms with Gasteiger partial charge in [-0.2, -0.15) is 0 Å². The van der Waals surface area contributed by atoms with E-state index in [1.807, 2.05) is 0 Å². The topological polar surface area (TPSA) is 26.0 Å². The number of fused-ring (bicyclic) bond motifs is 3. The maximum atomic E-state index is 6.34. The van der Waals surface area contributed by atoms with Crippen molar-refractivity contribution >= 4 is 0 Å². The molecule has 0 unspecified atom stereocenters. The van der Waals surface area contributed by atoms with E-state index in [4.69, 9.17) is 5.73 Å². The molecule has 3 aromatic carbocycles. The molecule has 2 N–H and O–H groups in total. The fraction of sp³-hybridized carbons (Fsp3) is 0.250. The van der Waals surface area contributed by atoms with Gasteiger partial charge in [-0.25, -0.2) is 0 Å². The molecule has 0 aromatic heterocycles. The van der Waals surface area contributed by atoms with Crippen molar-refractivity contribution in [3.05, 3.63) is 83.4 Å². The minimum atomic E-state index is -0.324. The summed E-state index contributed by atoms with van der Waals surface area (Å²) in [5.41, 5.74) is 15.2. The summed E-state index contributed by atoms with van der Waals surface area (Å²) >= 11 is 0. The van der Waals surface area contributed by atoms with Crippen molar-refractivity contribution in [1.82, 2.24) is 0 Å². The molecule has 0 amide bonds. The van der Waals surface area contributed by atoms with Crippen LogP contribution in [0, 0.1) is 0 Å². The van der Waals surface area contributed by atoms with Crippen LogP contribution in [0.1, 0.15) is 44.4 Å². The van der Waals surface area contributed by atoms with E-state index in [9.17, 15) is 0 Å². The molecule has 0 radical (unpaired) electrons. The van der Waals surface area contributed by atoms with E-state index in [0.29, 0.717) is 0 Å². The second kappa shape index (κ2) is 5.31. The molecular weight excluding hydrogens is 302 g/mol. The van der Waals surface area contributed by atoms with Gasteiger partial charge in [0, 0.05) is 11.0 Å². The molecule has 0 spiro atoms. The Morgan fingerprint density at radius 1 is 0.720 bits per heavy atom. The van der Waals surface area contributed by atoms with Crippen molar-refractivity contribution in [2.75, 3.05) is 0 Å². The van der Waals surface area contributed by atoms with Crippen LogP contribution in [0.15, 0.2) is 66.7 Å². The smallest absolute Gasteiger partial charge is 0.0352 e. The SMILES string of the molecule is CC(C)(N)c1ccc2c(c1)C(C)(C)c1cc(-c3ccccc3)ccc1-2. The van der Waals surface area contributed by atoms with Crippen LogP contribution < -0.4 is 5.73 Å². The first-order valence-electron chi connectivity index (χ1n) is 8.93. The van der Waals surface area contributed by atoms with Crippen molar-refractivity contribution in [1.29, 1.82) is 0 Å².